The summed E-state index contributed by atoms with van der Waals surface area (Å²) < 4.78 is 11.6. The molecule has 1 aromatic carbocycles. The first kappa shape index (κ1) is 22.2. The number of hydrogen-bond donors (Lipinski definition) is 2. The van der Waals surface area contributed by atoms with Crippen molar-refractivity contribution >= 4 is 17.5 Å². The minimum absolute atomic E-state index is 0.0500. The first-order valence-corrected chi connectivity index (χ1v) is 9.94. The maximum atomic E-state index is 13.0. The number of anilines is 1. The van der Waals surface area contributed by atoms with Gasteiger partial charge < -0.3 is 25.0 Å². The third kappa shape index (κ3) is 5.94. The number of hydrogen-bond acceptors (Lipinski definition) is 5. The van der Waals surface area contributed by atoms with Crippen molar-refractivity contribution in [2.24, 2.45) is 5.92 Å². The maximum Gasteiger partial charge on any atom is 0.257 e. The van der Waals surface area contributed by atoms with E-state index in [2.05, 4.69) is 17.6 Å². The van der Waals surface area contributed by atoms with E-state index in [1.165, 1.54) is 0 Å². The molecule has 2 rings (SSSR count). The standard InChI is InChI=1S/C21H33N3O4/c1-6-7-20(25)23-16-8-9-17-18(10-16)28-13-15(3)22-11-14(2)19(27-5)12-24(4)21(17)26/h8-10,14-15,19,22H,6-7,11-13H2,1-5H3,(H,23,25)/t14-,15+,19-/m0/s1. The first-order valence-electron chi connectivity index (χ1n) is 9.94. The van der Waals surface area contributed by atoms with Crippen LogP contribution < -0.4 is 15.4 Å². The molecular weight excluding hydrogens is 358 g/mol. The molecule has 0 bridgehead atoms. The molecule has 7 nitrogen and oxygen atoms in total. The third-order valence-corrected chi connectivity index (χ3v) is 4.99. The number of ether oxygens (including phenoxy) is 2. The third-order valence-electron chi connectivity index (χ3n) is 4.99. The molecule has 0 saturated heterocycles. The summed E-state index contributed by atoms with van der Waals surface area (Å²) in [6.45, 7) is 7.78. The van der Waals surface area contributed by atoms with Crippen molar-refractivity contribution < 1.29 is 19.1 Å². The summed E-state index contributed by atoms with van der Waals surface area (Å²) in [4.78, 5) is 26.6. The van der Waals surface area contributed by atoms with Crippen LogP contribution in [0.2, 0.25) is 0 Å². The molecule has 0 radical (unpaired) electrons. The van der Waals surface area contributed by atoms with E-state index in [1.807, 2.05) is 13.8 Å². The Balaban J connectivity index is 2.31. The van der Waals surface area contributed by atoms with Crippen molar-refractivity contribution in [3.63, 3.8) is 0 Å². The van der Waals surface area contributed by atoms with Gasteiger partial charge in [-0.1, -0.05) is 13.8 Å². The normalized spacial score (nSPS) is 23.8. The number of carbonyl (C=O) groups is 2. The van der Waals surface area contributed by atoms with Gasteiger partial charge in [-0.3, -0.25) is 9.59 Å². The van der Waals surface area contributed by atoms with Gasteiger partial charge in [0.1, 0.15) is 12.4 Å². The topological polar surface area (TPSA) is 79.9 Å². The van der Waals surface area contributed by atoms with E-state index in [1.54, 1.807) is 37.3 Å². The quantitative estimate of drug-likeness (QED) is 0.824. The van der Waals surface area contributed by atoms with Gasteiger partial charge >= 0.3 is 0 Å². The van der Waals surface area contributed by atoms with Crippen molar-refractivity contribution in [2.45, 2.75) is 45.8 Å². The number of nitrogens with zero attached hydrogens (tertiary/aromatic N) is 1. The molecule has 0 spiro atoms. The van der Waals surface area contributed by atoms with Crippen LogP contribution in [0.3, 0.4) is 0 Å². The van der Waals surface area contributed by atoms with E-state index < -0.39 is 0 Å². The number of carbonyl (C=O) groups excluding carboxylic acids is 2. The summed E-state index contributed by atoms with van der Waals surface area (Å²) in [6.07, 6.45) is 1.17. The van der Waals surface area contributed by atoms with Crippen LogP contribution >= 0.6 is 0 Å². The molecule has 2 N–H and O–H groups in total. The number of amides is 2. The Labute approximate surface area is 167 Å². The monoisotopic (exact) mass is 391 g/mol. The summed E-state index contributed by atoms with van der Waals surface area (Å²) in [7, 11) is 3.45. The Bertz CT molecular complexity index is 680. The fraction of sp³-hybridized carbons (Fsp3) is 0.619. The molecule has 3 atom stereocenters. The lowest BCUT2D eigenvalue weighted by Gasteiger charge is -2.30. The van der Waals surface area contributed by atoms with Gasteiger partial charge in [-0.2, -0.15) is 0 Å². The molecule has 1 heterocycles. The van der Waals surface area contributed by atoms with Crippen molar-refractivity contribution in [3.8, 4) is 5.75 Å². The molecule has 1 aromatic rings. The number of fused-ring (bicyclic) bond motifs is 1. The number of benzene rings is 1. The smallest absolute Gasteiger partial charge is 0.257 e. The Morgan fingerprint density at radius 1 is 1.39 bits per heavy atom. The van der Waals surface area contributed by atoms with Crippen molar-refractivity contribution in [1.82, 2.24) is 10.2 Å². The highest BCUT2D eigenvalue weighted by Crippen LogP contribution is 2.26. The van der Waals surface area contributed by atoms with E-state index in [9.17, 15) is 9.59 Å². The molecule has 1 aliphatic heterocycles. The molecular formula is C21H33N3O4. The van der Waals surface area contributed by atoms with Crippen LogP contribution in [0.25, 0.3) is 0 Å². The highest BCUT2D eigenvalue weighted by molar-refractivity contribution is 5.98. The fourth-order valence-electron chi connectivity index (χ4n) is 3.18. The van der Waals surface area contributed by atoms with E-state index >= 15 is 0 Å². The number of nitrogens with one attached hydrogen (secondary N) is 2. The van der Waals surface area contributed by atoms with Gasteiger partial charge in [0.2, 0.25) is 5.91 Å². The molecule has 0 unspecified atom stereocenters. The van der Waals surface area contributed by atoms with Gasteiger partial charge in [0.15, 0.2) is 0 Å². The zero-order valence-electron chi connectivity index (χ0n) is 17.6. The molecule has 28 heavy (non-hydrogen) atoms. The van der Waals surface area contributed by atoms with Crippen LogP contribution in [-0.4, -0.2) is 62.7 Å². The van der Waals surface area contributed by atoms with Crippen LogP contribution in [0.1, 0.15) is 44.0 Å². The molecule has 0 aromatic heterocycles. The maximum absolute atomic E-state index is 13.0. The van der Waals surface area contributed by atoms with Gasteiger partial charge in [0, 0.05) is 51.5 Å². The van der Waals surface area contributed by atoms with Crippen molar-refractivity contribution in [1.29, 1.82) is 0 Å². The molecule has 0 saturated carbocycles. The van der Waals surface area contributed by atoms with Crippen LogP contribution in [0.5, 0.6) is 5.75 Å². The lowest BCUT2D eigenvalue weighted by Crippen LogP contribution is -2.44. The Morgan fingerprint density at radius 3 is 2.82 bits per heavy atom. The number of likely N-dealkylation sites (N-methyl/N-ethyl adjacent to an activating group) is 1. The second kappa shape index (κ2) is 10.4. The van der Waals surface area contributed by atoms with Crippen LogP contribution in [0.15, 0.2) is 18.2 Å². The minimum atomic E-state index is -0.128. The lowest BCUT2D eigenvalue weighted by molar-refractivity contribution is -0.116. The molecule has 0 fully saturated rings. The predicted molar refractivity (Wildman–Crippen MR) is 110 cm³/mol. The van der Waals surface area contributed by atoms with Gasteiger partial charge in [0.25, 0.3) is 5.91 Å². The van der Waals surface area contributed by atoms with Gasteiger partial charge in [-0.25, -0.2) is 0 Å². The molecule has 2 amide bonds. The minimum Gasteiger partial charge on any atom is -0.491 e. The largest absolute Gasteiger partial charge is 0.491 e. The molecule has 7 heteroatoms. The Hall–Kier alpha value is -2.12. The molecule has 156 valence electrons. The second-order valence-corrected chi connectivity index (χ2v) is 7.57. The molecule has 1 aliphatic rings. The number of methoxy groups -OCH3 is 1. The van der Waals surface area contributed by atoms with Gasteiger partial charge in [-0.05, 0) is 31.4 Å². The highest BCUT2D eigenvalue weighted by atomic mass is 16.5. The van der Waals surface area contributed by atoms with Crippen molar-refractivity contribution in [2.75, 3.05) is 39.2 Å². The highest BCUT2D eigenvalue weighted by Gasteiger charge is 2.25. The summed E-state index contributed by atoms with van der Waals surface area (Å²) in [6, 6.07) is 5.29. The Kier molecular flexibility index (Phi) is 8.26. The van der Waals surface area contributed by atoms with Gasteiger partial charge in [0.05, 0.1) is 11.7 Å². The van der Waals surface area contributed by atoms with E-state index in [0.717, 1.165) is 13.0 Å². The Morgan fingerprint density at radius 2 is 2.14 bits per heavy atom. The average molecular weight is 392 g/mol. The second-order valence-electron chi connectivity index (χ2n) is 7.57. The zero-order chi connectivity index (χ0) is 20.7. The fourth-order valence-corrected chi connectivity index (χ4v) is 3.18. The van der Waals surface area contributed by atoms with Crippen LogP contribution in [0, 0.1) is 5.92 Å². The van der Waals surface area contributed by atoms with Crippen LogP contribution in [-0.2, 0) is 9.53 Å². The van der Waals surface area contributed by atoms with Crippen LogP contribution in [0.4, 0.5) is 5.69 Å². The summed E-state index contributed by atoms with van der Waals surface area (Å²) in [5, 5.41) is 6.32. The van der Waals surface area contributed by atoms with Crippen molar-refractivity contribution in [3.05, 3.63) is 23.8 Å². The van der Waals surface area contributed by atoms with E-state index in [4.69, 9.17) is 9.47 Å². The SMILES string of the molecule is CCCC(=O)Nc1ccc2c(c1)OC[C@@H](C)NC[C@H](C)[C@@H](OC)CN(C)C2=O. The van der Waals surface area contributed by atoms with E-state index in [0.29, 0.717) is 36.6 Å². The summed E-state index contributed by atoms with van der Waals surface area (Å²) in [5.41, 5.74) is 1.11. The molecule has 0 aliphatic carbocycles. The van der Waals surface area contributed by atoms with E-state index in [-0.39, 0.29) is 29.9 Å². The number of rotatable bonds is 4. The zero-order valence-corrected chi connectivity index (χ0v) is 17.6. The first-order chi connectivity index (χ1) is 13.3. The summed E-state index contributed by atoms with van der Waals surface area (Å²) >= 11 is 0. The lowest BCUT2D eigenvalue weighted by atomic mass is 10.0. The predicted octanol–water partition coefficient (Wildman–Crippen LogP) is 2.52. The summed E-state index contributed by atoms with van der Waals surface area (Å²) in [5.74, 6) is 0.544. The van der Waals surface area contributed by atoms with Gasteiger partial charge in [-0.15, -0.1) is 0 Å². The average Bonchev–Trinajstić information content (AvgIpc) is 2.67.